The lowest BCUT2D eigenvalue weighted by molar-refractivity contribution is 0.0532. The third-order valence-corrected chi connectivity index (χ3v) is 6.71. The first-order valence-corrected chi connectivity index (χ1v) is 9.10. The van der Waals surface area contributed by atoms with Crippen LogP contribution in [0.1, 0.15) is 35.4 Å². The van der Waals surface area contributed by atoms with E-state index < -0.39 is 0 Å². The van der Waals surface area contributed by atoms with E-state index in [2.05, 4.69) is 26.6 Å². The minimum atomic E-state index is 0.0795. The van der Waals surface area contributed by atoms with Gasteiger partial charge in [0.15, 0.2) is 0 Å². The summed E-state index contributed by atoms with van der Waals surface area (Å²) in [6, 6.07) is 0.729. The highest BCUT2D eigenvalue weighted by Gasteiger charge is 2.51. The van der Waals surface area contributed by atoms with Crippen molar-refractivity contribution in [2.24, 2.45) is 0 Å². The second-order valence-corrected chi connectivity index (χ2v) is 8.26. The molecule has 4 heterocycles. The number of thioether (sulfide) groups is 1. The van der Waals surface area contributed by atoms with E-state index in [9.17, 15) is 4.79 Å². The molecule has 1 amide bonds. The van der Waals surface area contributed by atoms with Gasteiger partial charge in [-0.1, -0.05) is 0 Å². The van der Waals surface area contributed by atoms with Crippen LogP contribution in [0.15, 0.2) is 12.4 Å². The number of rotatable bonds is 2. The molecule has 0 aromatic carbocycles. The Kier molecular flexibility index (Phi) is 3.61. The van der Waals surface area contributed by atoms with Gasteiger partial charge in [-0.15, -0.1) is 11.8 Å². The third-order valence-electron chi connectivity index (χ3n) is 5.12. The van der Waals surface area contributed by atoms with E-state index in [1.165, 1.54) is 38.1 Å². The standard InChI is InChI=1S/C16H22N4OS/c1-12-17-7-13(8-18-12)15(21)20-10-16(11-20)6-14(9-22-16)19-4-2-3-5-19/h7-8,14H,2-6,9-11H2,1H3. The second kappa shape index (κ2) is 5.49. The summed E-state index contributed by atoms with van der Waals surface area (Å²) in [5.41, 5.74) is 0.611. The second-order valence-electron chi connectivity index (χ2n) is 6.78. The van der Waals surface area contributed by atoms with E-state index in [-0.39, 0.29) is 5.91 Å². The van der Waals surface area contributed by atoms with E-state index in [1.807, 2.05) is 11.8 Å². The van der Waals surface area contributed by atoms with Crippen molar-refractivity contribution in [3.05, 3.63) is 23.8 Å². The molecule has 1 atom stereocenters. The summed E-state index contributed by atoms with van der Waals surface area (Å²) in [6.07, 6.45) is 7.24. The quantitative estimate of drug-likeness (QED) is 0.829. The maximum absolute atomic E-state index is 12.4. The summed E-state index contributed by atoms with van der Waals surface area (Å²) in [6.45, 7) is 6.14. The fourth-order valence-electron chi connectivity index (χ4n) is 3.86. The molecule has 1 spiro atoms. The normalized spacial score (nSPS) is 27.3. The molecule has 3 aliphatic rings. The summed E-state index contributed by atoms with van der Waals surface area (Å²) >= 11 is 2.08. The summed E-state index contributed by atoms with van der Waals surface area (Å²) in [5, 5.41) is 0. The minimum absolute atomic E-state index is 0.0795. The first-order chi connectivity index (χ1) is 10.7. The number of hydrogen-bond acceptors (Lipinski definition) is 5. The van der Waals surface area contributed by atoms with Gasteiger partial charge in [-0.2, -0.15) is 0 Å². The van der Waals surface area contributed by atoms with Gasteiger partial charge >= 0.3 is 0 Å². The molecule has 3 saturated heterocycles. The van der Waals surface area contributed by atoms with Gasteiger partial charge in [0.2, 0.25) is 0 Å². The fraction of sp³-hybridized carbons (Fsp3) is 0.688. The largest absolute Gasteiger partial charge is 0.336 e. The van der Waals surface area contributed by atoms with Gasteiger partial charge in [0, 0.05) is 37.3 Å². The van der Waals surface area contributed by atoms with Gasteiger partial charge in [-0.3, -0.25) is 9.69 Å². The molecule has 0 radical (unpaired) electrons. The molecule has 1 unspecified atom stereocenters. The monoisotopic (exact) mass is 318 g/mol. The number of carbonyl (C=O) groups excluding carboxylic acids is 1. The molecule has 0 aliphatic carbocycles. The van der Waals surface area contributed by atoms with Crippen molar-refractivity contribution in [2.45, 2.75) is 37.0 Å². The molecular weight excluding hydrogens is 296 g/mol. The van der Waals surface area contributed by atoms with Gasteiger partial charge in [-0.05, 0) is 39.3 Å². The van der Waals surface area contributed by atoms with Crippen LogP contribution in [-0.2, 0) is 0 Å². The van der Waals surface area contributed by atoms with E-state index in [0.717, 1.165) is 19.1 Å². The van der Waals surface area contributed by atoms with Crippen LogP contribution in [0.2, 0.25) is 0 Å². The Morgan fingerprint density at radius 3 is 2.64 bits per heavy atom. The number of aromatic nitrogens is 2. The Morgan fingerprint density at radius 1 is 1.27 bits per heavy atom. The van der Waals surface area contributed by atoms with Crippen LogP contribution in [0.25, 0.3) is 0 Å². The SMILES string of the molecule is Cc1ncc(C(=O)N2CC3(CC(N4CCCC4)CS3)C2)cn1. The van der Waals surface area contributed by atoms with E-state index in [0.29, 0.717) is 16.1 Å². The molecule has 4 rings (SSSR count). The van der Waals surface area contributed by atoms with Gasteiger partial charge in [0.1, 0.15) is 5.82 Å². The van der Waals surface area contributed by atoms with Crippen LogP contribution >= 0.6 is 11.8 Å². The molecule has 1 aromatic rings. The van der Waals surface area contributed by atoms with Crippen LogP contribution in [0.5, 0.6) is 0 Å². The first kappa shape index (κ1) is 14.5. The minimum Gasteiger partial charge on any atom is -0.336 e. The molecule has 3 aliphatic heterocycles. The lowest BCUT2D eigenvalue weighted by atomic mass is 9.91. The van der Waals surface area contributed by atoms with Crippen LogP contribution in [0, 0.1) is 6.92 Å². The molecule has 118 valence electrons. The van der Waals surface area contributed by atoms with Crippen molar-refractivity contribution in [1.29, 1.82) is 0 Å². The molecule has 0 bridgehead atoms. The average Bonchev–Trinajstić information content (AvgIpc) is 3.15. The molecule has 1 aromatic heterocycles. The van der Waals surface area contributed by atoms with Crippen LogP contribution in [0.4, 0.5) is 0 Å². The smallest absolute Gasteiger partial charge is 0.257 e. The van der Waals surface area contributed by atoms with Gasteiger partial charge in [0.05, 0.1) is 10.3 Å². The molecule has 0 N–H and O–H groups in total. The Hall–Kier alpha value is -1.14. The predicted octanol–water partition coefficient (Wildman–Crippen LogP) is 1.58. The first-order valence-electron chi connectivity index (χ1n) is 8.11. The highest BCUT2D eigenvalue weighted by atomic mass is 32.2. The Morgan fingerprint density at radius 2 is 1.95 bits per heavy atom. The Bertz CT molecular complexity index is 564. The molecule has 22 heavy (non-hydrogen) atoms. The molecule has 6 heteroatoms. The summed E-state index contributed by atoms with van der Waals surface area (Å²) in [4.78, 5) is 25.3. The lowest BCUT2D eigenvalue weighted by Crippen LogP contribution is -2.61. The number of amides is 1. The van der Waals surface area contributed by atoms with Gasteiger partial charge in [-0.25, -0.2) is 9.97 Å². The third kappa shape index (κ3) is 2.52. The van der Waals surface area contributed by atoms with Crippen molar-refractivity contribution in [3.63, 3.8) is 0 Å². The van der Waals surface area contributed by atoms with Crippen molar-refractivity contribution < 1.29 is 4.79 Å². The number of carbonyl (C=O) groups is 1. The van der Waals surface area contributed by atoms with E-state index in [4.69, 9.17) is 0 Å². The number of aryl methyl sites for hydroxylation is 1. The van der Waals surface area contributed by atoms with E-state index in [1.54, 1.807) is 12.4 Å². The maximum Gasteiger partial charge on any atom is 0.257 e. The summed E-state index contributed by atoms with van der Waals surface area (Å²) in [7, 11) is 0. The van der Waals surface area contributed by atoms with Crippen molar-refractivity contribution >= 4 is 17.7 Å². The van der Waals surface area contributed by atoms with Crippen molar-refractivity contribution in [2.75, 3.05) is 31.9 Å². The van der Waals surface area contributed by atoms with Gasteiger partial charge < -0.3 is 4.90 Å². The van der Waals surface area contributed by atoms with Crippen molar-refractivity contribution in [3.8, 4) is 0 Å². The predicted molar refractivity (Wildman–Crippen MR) is 87.1 cm³/mol. The Balaban J connectivity index is 1.35. The summed E-state index contributed by atoms with van der Waals surface area (Å²) < 4.78 is 0.314. The van der Waals surface area contributed by atoms with Crippen LogP contribution in [-0.4, -0.2) is 68.4 Å². The molecule has 5 nitrogen and oxygen atoms in total. The number of nitrogens with zero attached hydrogens (tertiary/aromatic N) is 4. The van der Waals surface area contributed by atoms with Gasteiger partial charge in [0.25, 0.3) is 5.91 Å². The highest BCUT2D eigenvalue weighted by Crippen LogP contribution is 2.47. The van der Waals surface area contributed by atoms with Crippen LogP contribution in [0.3, 0.4) is 0 Å². The summed E-state index contributed by atoms with van der Waals surface area (Å²) in [5.74, 6) is 2.02. The fourth-order valence-corrected chi connectivity index (χ4v) is 5.54. The molecule has 0 saturated carbocycles. The lowest BCUT2D eigenvalue weighted by Gasteiger charge is -2.47. The maximum atomic E-state index is 12.4. The average molecular weight is 318 g/mol. The van der Waals surface area contributed by atoms with Crippen LogP contribution < -0.4 is 0 Å². The topological polar surface area (TPSA) is 49.3 Å². The number of hydrogen-bond donors (Lipinski definition) is 0. The molecular formula is C16H22N4OS. The Labute approximate surface area is 135 Å². The zero-order valence-corrected chi connectivity index (χ0v) is 13.8. The highest BCUT2D eigenvalue weighted by molar-refractivity contribution is 8.01. The number of likely N-dealkylation sites (tertiary alicyclic amines) is 2. The molecule has 3 fully saturated rings. The zero-order valence-electron chi connectivity index (χ0n) is 13.0. The van der Waals surface area contributed by atoms with E-state index >= 15 is 0 Å². The zero-order chi connectivity index (χ0) is 15.2. The van der Waals surface area contributed by atoms with Crippen molar-refractivity contribution in [1.82, 2.24) is 19.8 Å².